The fourth-order valence-corrected chi connectivity index (χ4v) is 4.26. The molecule has 0 aromatic heterocycles. The standard InChI is InChI=1S/C30H32Cl2N4O5/c31-25-14-9-20(16-26(25)32)17-36-30(41)33-15-5-4-8-27(37)35-19-28(38)34-18-24(29(39)40)23-12-10-22(11-13-23)21-6-2-1-3-7-21/h1-3,6-7,9-14,16,24H,4-5,8,15,17-19H2,(H,34,38)(H,35,37)(H,39,40)(H2,33,36,41). The zero-order valence-electron chi connectivity index (χ0n) is 22.3. The second kappa shape index (κ2) is 16.2. The highest BCUT2D eigenvalue weighted by Gasteiger charge is 2.21. The Kier molecular flexibility index (Phi) is 12.5. The summed E-state index contributed by atoms with van der Waals surface area (Å²) >= 11 is 11.8. The van der Waals surface area contributed by atoms with Crippen molar-refractivity contribution >= 4 is 47.0 Å². The SMILES string of the molecule is O=C(CCCCNC(=O)NCc1ccc(Cl)c(Cl)c1)NCC(=O)NCC(C(=O)O)c1ccc(-c2ccccc2)cc1. The Bertz CT molecular complexity index is 1340. The van der Waals surface area contributed by atoms with Crippen molar-refractivity contribution in [1.29, 1.82) is 0 Å². The van der Waals surface area contributed by atoms with Gasteiger partial charge in [-0.15, -0.1) is 0 Å². The van der Waals surface area contributed by atoms with Crippen LogP contribution in [0.5, 0.6) is 0 Å². The zero-order valence-corrected chi connectivity index (χ0v) is 23.8. The molecule has 11 heteroatoms. The number of nitrogens with one attached hydrogen (secondary N) is 4. The highest BCUT2D eigenvalue weighted by atomic mass is 35.5. The van der Waals surface area contributed by atoms with E-state index in [1.54, 1.807) is 30.3 Å². The van der Waals surface area contributed by atoms with Crippen molar-refractivity contribution in [3.05, 3.63) is 94.0 Å². The third-order valence-corrected chi connectivity index (χ3v) is 6.96. The highest BCUT2D eigenvalue weighted by Crippen LogP contribution is 2.23. The lowest BCUT2D eigenvalue weighted by atomic mass is 9.96. The van der Waals surface area contributed by atoms with E-state index in [0.29, 0.717) is 41.5 Å². The van der Waals surface area contributed by atoms with E-state index in [-0.39, 0.29) is 31.4 Å². The molecule has 1 atom stereocenters. The Morgan fingerprint density at radius 1 is 0.732 bits per heavy atom. The predicted octanol–water partition coefficient (Wildman–Crippen LogP) is 4.73. The molecule has 0 fully saturated rings. The van der Waals surface area contributed by atoms with Crippen LogP contribution in [0, 0.1) is 0 Å². The number of carboxylic acids is 1. The largest absolute Gasteiger partial charge is 0.481 e. The Morgan fingerprint density at radius 3 is 2.12 bits per heavy atom. The molecule has 0 spiro atoms. The number of amides is 4. The van der Waals surface area contributed by atoms with Crippen molar-refractivity contribution in [3.8, 4) is 11.1 Å². The Balaban J connectivity index is 1.29. The van der Waals surface area contributed by atoms with E-state index < -0.39 is 17.8 Å². The van der Waals surface area contributed by atoms with E-state index >= 15 is 0 Å². The Morgan fingerprint density at radius 2 is 1.44 bits per heavy atom. The van der Waals surface area contributed by atoms with E-state index in [1.165, 1.54) is 0 Å². The van der Waals surface area contributed by atoms with Gasteiger partial charge >= 0.3 is 12.0 Å². The van der Waals surface area contributed by atoms with Crippen molar-refractivity contribution in [2.75, 3.05) is 19.6 Å². The van der Waals surface area contributed by atoms with E-state index in [2.05, 4.69) is 21.3 Å². The van der Waals surface area contributed by atoms with Crippen LogP contribution in [0.15, 0.2) is 72.8 Å². The van der Waals surface area contributed by atoms with Crippen LogP contribution in [-0.2, 0) is 20.9 Å². The molecule has 1 unspecified atom stereocenters. The van der Waals surface area contributed by atoms with Crippen molar-refractivity contribution in [2.24, 2.45) is 0 Å². The summed E-state index contributed by atoms with van der Waals surface area (Å²) in [4.78, 5) is 48.0. The number of carboxylic acid groups (broad SMARTS) is 1. The lowest BCUT2D eigenvalue weighted by Gasteiger charge is -2.15. The summed E-state index contributed by atoms with van der Waals surface area (Å²) in [7, 11) is 0. The molecule has 0 aliphatic heterocycles. The summed E-state index contributed by atoms with van der Waals surface area (Å²) in [5.41, 5.74) is 3.36. The first-order chi connectivity index (χ1) is 19.7. The normalized spacial score (nSPS) is 11.3. The molecule has 0 aliphatic carbocycles. The Hall–Kier alpha value is -4.08. The summed E-state index contributed by atoms with van der Waals surface area (Å²) in [5, 5.41) is 21.0. The van der Waals surface area contributed by atoms with Gasteiger partial charge in [0, 0.05) is 26.1 Å². The molecular weight excluding hydrogens is 567 g/mol. The van der Waals surface area contributed by atoms with E-state index in [9.17, 15) is 24.3 Å². The molecule has 3 aromatic rings. The number of hydrogen-bond donors (Lipinski definition) is 5. The van der Waals surface area contributed by atoms with Gasteiger partial charge in [0.2, 0.25) is 11.8 Å². The number of rotatable bonds is 14. The minimum atomic E-state index is -1.06. The number of aliphatic carboxylic acids is 1. The maximum absolute atomic E-state index is 12.2. The van der Waals surface area contributed by atoms with Gasteiger partial charge in [-0.2, -0.15) is 0 Å². The third-order valence-electron chi connectivity index (χ3n) is 6.22. The van der Waals surface area contributed by atoms with Gasteiger partial charge in [0.1, 0.15) is 0 Å². The van der Waals surface area contributed by atoms with Gasteiger partial charge in [-0.1, -0.05) is 83.9 Å². The van der Waals surface area contributed by atoms with Crippen molar-refractivity contribution in [3.63, 3.8) is 0 Å². The van der Waals surface area contributed by atoms with Crippen LogP contribution in [0.2, 0.25) is 10.0 Å². The average Bonchev–Trinajstić information content (AvgIpc) is 2.97. The fourth-order valence-electron chi connectivity index (χ4n) is 3.94. The van der Waals surface area contributed by atoms with Gasteiger partial charge in [-0.3, -0.25) is 14.4 Å². The molecule has 0 bridgehead atoms. The first-order valence-corrected chi connectivity index (χ1v) is 13.9. The van der Waals surface area contributed by atoms with Gasteiger partial charge in [-0.25, -0.2) is 4.79 Å². The summed E-state index contributed by atoms with van der Waals surface area (Å²) in [6.45, 7) is 0.311. The molecular formula is C30H32Cl2N4O5. The number of hydrogen-bond acceptors (Lipinski definition) is 4. The number of halogens is 2. The molecule has 216 valence electrons. The van der Waals surface area contributed by atoms with E-state index in [0.717, 1.165) is 16.7 Å². The van der Waals surface area contributed by atoms with Crippen LogP contribution in [0.4, 0.5) is 4.79 Å². The maximum Gasteiger partial charge on any atom is 0.315 e. The van der Waals surface area contributed by atoms with Crippen LogP contribution >= 0.6 is 23.2 Å². The first-order valence-electron chi connectivity index (χ1n) is 13.1. The molecule has 3 aromatic carbocycles. The molecule has 0 radical (unpaired) electrons. The topological polar surface area (TPSA) is 137 Å². The quantitative estimate of drug-likeness (QED) is 0.171. The van der Waals surface area contributed by atoms with Crippen molar-refractivity contribution < 1.29 is 24.3 Å². The average molecular weight is 600 g/mol. The summed E-state index contributed by atoms with van der Waals surface area (Å²) in [6.07, 6.45) is 1.27. The maximum atomic E-state index is 12.2. The highest BCUT2D eigenvalue weighted by molar-refractivity contribution is 6.42. The number of carbonyl (C=O) groups is 4. The molecule has 5 N–H and O–H groups in total. The molecule has 0 heterocycles. The fraction of sp³-hybridized carbons (Fsp3) is 0.267. The zero-order chi connectivity index (χ0) is 29.6. The van der Waals surface area contributed by atoms with Gasteiger partial charge < -0.3 is 26.4 Å². The van der Waals surface area contributed by atoms with E-state index in [1.807, 2.05) is 42.5 Å². The van der Waals surface area contributed by atoms with Crippen LogP contribution < -0.4 is 21.3 Å². The molecule has 3 rings (SSSR count). The predicted molar refractivity (Wildman–Crippen MR) is 159 cm³/mol. The molecule has 9 nitrogen and oxygen atoms in total. The second-order valence-corrected chi connectivity index (χ2v) is 10.1. The van der Waals surface area contributed by atoms with Crippen LogP contribution in [0.1, 0.15) is 36.3 Å². The molecule has 0 aliphatic rings. The van der Waals surface area contributed by atoms with Gasteiger partial charge in [0.05, 0.1) is 22.5 Å². The lowest BCUT2D eigenvalue weighted by Crippen LogP contribution is -2.39. The molecule has 4 amide bonds. The smallest absolute Gasteiger partial charge is 0.315 e. The van der Waals surface area contributed by atoms with Crippen molar-refractivity contribution in [1.82, 2.24) is 21.3 Å². The minimum absolute atomic E-state index is 0.104. The van der Waals surface area contributed by atoms with Gasteiger partial charge in [0.25, 0.3) is 0 Å². The van der Waals surface area contributed by atoms with Crippen LogP contribution in [0.25, 0.3) is 11.1 Å². The number of carbonyl (C=O) groups excluding carboxylic acids is 3. The lowest BCUT2D eigenvalue weighted by molar-refractivity contribution is -0.138. The van der Waals surface area contributed by atoms with E-state index in [4.69, 9.17) is 23.2 Å². The van der Waals surface area contributed by atoms with Crippen LogP contribution in [-0.4, -0.2) is 48.6 Å². The molecule has 0 saturated carbocycles. The summed E-state index contributed by atoms with van der Waals surface area (Å²) in [5.74, 6) is -2.77. The second-order valence-electron chi connectivity index (χ2n) is 9.27. The number of benzene rings is 3. The summed E-state index contributed by atoms with van der Waals surface area (Å²) < 4.78 is 0. The van der Waals surface area contributed by atoms with Crippen LogP contribution in [0.3, 0.4) is 0 Å². The molecule has 41 heavy (non-hydrogen) atoms. The molecule has 0 saturated heterocycles. The van der Waals surface area contributed by atoms with Gasteiger partial charge in [-0.05, 0) is 47.2 Å². The Labute approximate surface area is 248 Å². The summed E-state index contributed by atoms with van der Waals surface area (Å²) in [6, 6.07) is 21.7. The van der Waals surface area contributed by atoms with Gasteiger partial charge in [0.15, 0.2) is 0 Å². The third kappa shape index (κ3) is 10.8. The van der Waals surface area contributed by atoms with Crippen molar-refractivity contribution in [2.45, 2.75) is 31.7 Å². The number of urea groups is 1. The monoisotopic (exact) mass is 598 g/mol. The number of unbranched alkanes of at least 4 members (excludes halogenated alkanes) is 1. The minimum Gasteiger partial charge on any atom is -0.481 e. The first kappa shape index (κ1) is 31.4.